The minimum absolute atomic E-state index is 0.330. The highest BCUT2D eigenvalue weighted by atomic mass is 32.1. The summed E-state index contributed by atoms with van der Waals surface area (Å²) in [4.78, 5) is 12.3. The average molecular weight is 369 g/mol. The van der Waals surface area contributed by atoms with Crippen molar-refractivity contribution in [3.8, 4) is 11.5 Å². The van der Waals surface area contributed by atoms with E-state index in [9.17, 15) is 4.79 Å². The molecule has 1 aromatic carbocycles. The number of esters is 1. The van der Waals surface area contributed by atoms with Crippen LogP contribution < -0.4 is 14.8 Å². The molecule has 8 heteroatoms. The van der Waals surface area contributed by atoms with Gasteiger partial charge < -0.3 is 29.0 Å². The summed E-state index contributed by atoms with van der Waals surface area (Å²) in [7, 11) is 7.74. The first-order valence-corrected chi connectivity index (χ1v) is 8.43. The number of rotatable bonds is 9. The first-order chi connectivity index (χ1) is 12.1. The molecule has 0 saturated carbocycles. The fraction of sp³-hybridized carbons (Fsp3) is 0.471. The number of fused-ring (bicyclic) bond motifs is 1. The standard InChI is InChI=1S/C17H23NO6S/c1-20-12-6-10(8-18-9-14(21-2)22-3)15(23-4)11-7-13(17(19)24-5)25-16(11)12/h6-7,14,18H,8-9H2,1-5H3. The van der Waals surface area contributed by atoms with Crippen LogP contribution in [0.1, 0.15) is 15.2 Å². The van der Waals surface area contributed by atoms with Crippen LogP contribution in [-0.2, 0) is 20.8 Å². The van der Waals surface area contributed by atoms with Gasteiger partial charge in [-0.3, -0.25) is 0 Å². The van der Waals surface area contributed by atoms with E-state index in [1.165, 1.54) is 18.4 Å². The largest absolute Gasteiger partial charge is 0.496 e. The van der Waals surface area contributed by atoms with Crippen molar-refractivity contribution in [2.45, 2.75) is 12.8 Å². The molecule has 0 aliphatic rings. The second kappa shape index (κ2) is 9.00. The first kappa shape index (κ1) is 19.5. The molecule has 0 saturated heterocycles. The summed E-state index contributed by atoms with van der Waals surface area (Å²) in [6, 6.07) is 3.67. The summed E-state index contributed by atoms with van der Waals surface area (Å²) < 4.78 is 27.1. The minimum Gasteiger partial charge on any atom is -0.496 e. The molecule has 2 aromatic rings. The maximum Gasteiger partial charge on any atom is 0.348 e. The van der Waals surface area contributed by atoms with Gasteiger partial charge in [0.15, 0.2) is 6.29 Å². The molecule has 2 rings (SSSR count). The van der Waals surface area contributed by atoms with E-state index < -0.39 is 0 Å². The van der Waals surface area contributed by atoms with Gasteiger partial charge in [-0.1, -0.05) is 0 Å². The van der Waals surface area contributed by atoms with Crippen LogP contribution in [0.3, 0.4) is 0 Å². The summed E-state index contributed by atoms with van der Waals surface area (Å²) in [6.07, 6.45) is -0.330. The molecule has 1 aromatic heterocycles. The van der Waals surface area contributed by atoms with Crippen molar-refractivity contribution in [2.24, 2.45) is 0 Å². The number of ether oxygens (including phenoxy) is 5. The Morgan fingerprint density at radius 1 is 1.12 bits per heavy atom. The van der Waals surface area contributed by atoms with Gasteiger partial charge in [0.25, 0.3) is 0 Å². The second-order valence-corrected chi connectivity index (χ2v) is 6.20. The number of hydrogen-bond acceptors (Lipinski definition) is 8. The van der Waals surface area contributed by atoms with Crippen LogP contribution in [-0.4, -0.2) is 54.4 Å². The van der Waals surface area contributed by atoms with Crippen LogP contribution in [0.25, 0.3) is 10.1 Å². The minimum atomic E-state index is -0.381. The van der Waals surface area contributed by atoms with E-state index in [-0.39, 0.29) is 12.3 Å². The normalized spacial score (nSPS) is 11.1. The average Bonchev–Trinajstić information content (AvgIpc) is 3.08. The molecule has 138 valence electrons. The fourth-order valence-electron chi connectivity index (χ4n) is 2.52. The Labute approximate surface area is 150 Å². The number of hydrogen-bond donors (Lipinski definition) is 1. The zero-order chi connectivity index (χ0) is 18.4. The van der Waals surface area contributed by atoms with Gasteiger partial charge in [-0.25, -0.2) is 4.79 Å². The van der Waals surface area contributed by atoms with Crippen LogP contribution in [0.15, 0.2) is 12.1 Å². The Morgan fingerprint density at radius 3 is 2.40 bits per heavy atom. The highest BCUT2D eigenvalue weighted by molar-refractivity contribution is 7.21. The molecule has 0 aliphatic heterocycles. The molecule has 7 nitrogen and oxygen atoms in total. The van der Waals surface area contributed by atoms with Gasteiger partial charge in [0.05, 0.1) is 26.0 Å². The zero-order valence-electron chi connectivity index (χ0n) is 15.0. The smallest absolute Gasteiger partial charge is 0.348 e. The van der Waals surface area contributed by atoms with Crippen molar-refractivity contribution in [2.75, 3.05) is 42.1 Å². The quantitative estimate of drug-likeness (QED) is 0.537. The molecule has 1 N–H and O–H groups in total. The highest BCUT2D eigenvalue weighted by Gasteiger charge is 2.20. The Bertz CT molecular complexity index is 725. The number of thiophene rings is 1. The Morgan fingerprint density at radius 2 is 1.84 bits per heavy atom. The Kier molecular flexibility index (Phi) is 7.01. The van der Waals surface area contributed by atoms with Crippen LogP contribution in [0.4, 0.5) is 0 Å². The number of nitrogens with one attached hydrogen (secondary N) is 1. The Balaban J connectivity index is 2.37. The van der Waals surface area contributed by atoms with Crippen molar-refractivity contribution in [3.05, 3.63) is 22.6 Å². The lowest BCUT2D eigenvalue weighted by molar-refractivity contribution is -0.0989. The predicted molar refractivity (Wildman–Crippen MR) is 95.8 cm³/mol. The van der Waals surface area contributed by atoms with Crippen molar-refractivity contribution in [3.63, 3.8) is 0 Å². The zero-order valence-corrected chi connectivity index (χ0v) is 15.8. The second-order valence-electron chi connectivity index (χ2n) is 5.15. The monoisotopic (exact) mass is 369 g/mol. The molecule has 0 amide bonds. The van der Waals surface area contributed by atoms with E-state index in [1.54, 1.807) is 34.5 Å². The van der Waals surface area contributed by atoms with Crippen LogP contribution in [0.2, 0.25) is 0 Å². The van der Waals surface area contributed by atoms with E-state index in [0.717, 1.165) is 15.6 Å². The van der Waals surface area contributed by atoms with E-state index in [0.29, 0.717) is 29.5 Å². The van der Waals surface area contributed by atoms with E-state index in [1.807, 2.05) is 6.07 Å². The highest BCUT2D eigenvalue weighted by Crippen LogP contribution is 2.42. The third-order valence-electron chi connectivity index (χ3n) is 3.76. The molecule has 0 atom stereocenters. The molecule has 0 fully saturated rings. The van der Waals surface area contributed by atoms with Gasteiger partial charge in [-0.2, -0.15) is 0 Å². The van der Waals surface area contributed by atoms with Gasteiger partial charge >= 0.3 is 5.97 Å². The van der Waals surface area contributed by atoms with Gasteiger partial charge in [-0.15, -0.1) is 11.3 Å². The summed E-state index contributed by atoms with van der Waals surface area (Å²) in [5.41, 5.74) is 0.909. The van der Waals surface area contributed by atoms with Crippen LogP contribution in [0, 0.1) is 0 Å². The molecular formula is C17H23NO6S. The SMILES string of the molecule is COC(=O)c1cc2c(OC)c(CNCC(OC)OC)cc(OC)c2s1. The molecule has 0 aliphatic carbocycles. The van der Waals surface area contributed by atoms with Crippen molar-refractivity contribution in [1.29, 1.82) is 0 Å². The van der Waals surface area contributed by atoms with E-state index in [4.69, 9.17) is 23.7 Å². The maximum absolute atomic E-state index is 11.8. The molecule has 0 spiro atoms. The molecule has 25 heavy (non-hydrogen) atoms. The molecule has 0 unspecified atom stereocenters. The summed E-state index contributed by atoms with van der Waals surface area (Å²) in [5, 5.41) is 4.08. The summed E-state index contributed by atoms with van der Waals surface area (Å²) in [5.74, 6) is 0.997. The van der Waals surface area contributed by atoms with Gasteiger partial charge in [0.1, 0.15) is 16.4 Å². The number of benzene rings is 1. The van der Waals surface area contributed by atoms with E-state index >= 15 is 0 Å². The molecular weight excluding hydrogens is 346 g/mol. The molecule has 1 heterocycles. The molecule has 0 radical (unpaired) electrons. The molecule has 0 bridgehead atoms. The number of methoxy groups -OCH3 is 5. The number of carbonyl (C=O) groups excluding carboxylic acids is 1. The fourth-order valence-corrected chi connectivity index (χ4v) is 3.59. The summed E-state index contributed by atoms with van der Waals surface area (Å²) in [6.45, 7) is 1.05. The van der Waals surface area contributed by atoms with Gasteiger partial charge in [0.2, 0.25) is 0 Å². The third-order valence-corrected chi connectivity index (χ3v) is 4.89. The Hall–Kier alpha value is -1.87. The summed E-state index contributed by atoms with van der Waals surface area (Å²) >= 11 is 1.32. The third kappa shape index (κ3) is 4.21. The van der Waals surface area contributed by atoms with Gasteiger partial charge in [-0.05, 0) is 12.1 Å². The lowest BCUT2D eigenvalue weighted by atomic mass is 10.1. The van der Waals surface area contributed by atoms with Crippen molar-refractivity contribution < 1.29 is 28.5 Å². The van der Waals surface area contributed by atoms with Crippen molar-refractivity contribution >= 4 is 27.4 Å². The van der Waals surface area contributed by atoms with Crippen LogP contribution in [0.5, 0.6) is 11.5 Å². The van der Waals surface area contributed by atoms with Crippen LogP contribution >= 0.6 is 11.3 Å². The maximum atomic E-state index is 11.8. The topological polar surface area (TPSA) is 75.3 Å². The first-order valence-electron chi connectivity index (χ1n) is 7.61. The lowest BCUT2D eigenvalue weighted by Crippen LogP contribution is -2.29. The predicted octanol–water partition coefficient (Wildman–Crippen LogP) is 2.41. The lowest BCUT2D eigenvalue weighted by Gasteiger charge is -2.16. The van der Waals surface area contributed by atoms with Gasteiger partial charge in [0, 0.05) is 38.3 Å². The van der Waals surface area contributed by atoms with Crippen molar-refractivity contribution in [1.82, 2.24) is 5.32 Å². The number of carbonyl (C=O) groups is 1. The van der Waals surface area contributed by atoms with E-state index in [2.05, 4.69) is 5.32 Å².